The van der Waals surface area contributed by atoms with E-state index < -0.39 is 49.5 Å². The summed E-state index contributed by atoms with van der Waals surface area (Å²) in [5.74, 6) is -0.189. The Labute approximate surface area is 463 Å². The number of ether oxygens (including phenoxy) is 2. The molecule has 0 aromatic rings. The Morgan fingerprint density at radius 1 is 0.440 bits per heavy atom. The lowest BCUT2D eigenvalue weighted by atomic mass is 9.99. The molecule has 0 bridgehead atoms. The van der Waals surface area contributed by atoms with Crippen molar-refractivity contribution < 1.29 is 39.8 Å². The predicted molar refractivity (Wildman–Crippen MR) is 318 cm³/mol. The molecule has 0 saturated carbocycles. The van der Waals surface area contributed by atoms with Crippen LogP contribution in [0.4, 0.5) is 0 Å². The van der Waals surface area contributed by atoms with Gasteiger partial charge in [-0.25, -0.2) is 0 Å². The summed E-state index contributed by atoms with van der Waals surface area (Å²) in [5, 5.41) is 54.6. The van der Waals surface area contributed by atoms with E-state index in [9.17, 15) is 30.3 Å². The SMILES string of the molecule is CCCCCCCCCC/C=C\CCCCCCCCCCCCCC(=O)NC(COC1OC(CO)C(O)C(O)C1O)C(O)/C=C/CC/C=C/CC/C=C/CCCCCCCCCCCCCCCCCCCCC. The van der Waals surface area contributed by atoms with Gasteiger partial charge in [0.15, 0.2) is 6.29 Å². The molecule has 7 atom stereocenters. The standard InChI is InChI=1S/C66H123NO8/c1-3-5-7-9-11-13-15-17-19-21-23-25-27-28-29-30-31-32-34-35-37-39-41-43-45-47-49-51-53-55-60(69)59(58-74-66-65(73)64(72)63(71)61(57-68)75-66)67-62(70)56-54-52-50-48-46-44-42-40-38-36-33-26-24-22-20-18-16-14-12-10-8-6-4-2/h22,24,37,39,45,47,53,55,59-61,63-66,68-69,71-73H,3-21,23,25-36,38,40-44,46,48-52,54,56-58H2,1-2H3,(H,67,70)/b24-22-,39-37+,47-45+,55-53+. The van der Waals surface area contributed by atoms with E-state index in [0.717, 1.165) is 44.9 Å². The highest BCUT2D eigenvalue weighted by atomic mass is 16.7. The van der Waals surface area contributed by atoms with E-state index in [0.29, 0.717) is 6.42 Å². The summed E-state index contributed by atoms with van der Waals surface area (Å²) >= 11 is 0. The smallest absolute Gasteiger partial charge is 0.220 e. The second-order valence-corrected chi connectivity index (χ2v) is 22.5. The monoisotopic (exact) mass is 1060 g/mol. The third kappa shape index (κ3) is 44.7. The lowest BCUT2D eigenvalue weighted by Crippen LogP contribution is -2.60. The number of aliphatic hydroxyl groups is 5. The second kappa shape index (κ2) is 55.5. The Morgan fingerprint density at radius 3 is 1.12 bits per heavy atom. The van der Waals surface area contributed by atoms with Crippen molar-refractivity contribution in [2.75, 3.05) is 13.2 Å². The Balaban J connectivity index is 2.21. The van der Waals surface area contributed by atoms with Crippen LogP contribution in [0.2, 0.25) is 0 Å². The van der Waals surface area contributed by atoms with E-state index in [1.54, 1.807) is 6.08 Å². The minimum atomic E-state index is -1.58. The first-order chi connectivity index (χ1) is 36.8. The van der Waals surface area contributed by atoms with Crippen LogP contribution in [0.25, 0.3) is 0 Å². The molecule has 1 rings (SSSR count). The molecule has 1 amide bonds. The van der Waals surface area contributed by atoms with Crippen LogP contribution in [-0.2, 0) is 14.3 Å². The summed E-state index contributed by atoms with van der Waals surface area (Å²) in [6.45, 7) is 3.79. The van der Waals surface area contributed by atoms with Crippen molar-refractivity contribution >= 4 is 5.91 Å². The van der Waals surface area contributed by atoms with Gasteiger partial charge in [-0.1, -0.05) is 281 Å². The number of nitrogens with one attached hydrogen (secondary N) is 1. The van der Waals surface area contributed by atoms with Crippen molar-refractivity contribution in [2.24, 2.45) is 0 Å². The Kier molecular flexibility index (Phi) is 52.6. The molecule has 75 heavy (non-hydrogen) atoms. The highest BCUT2D eigenvalue weighted by molar-refractivity contribution is 5.76. The number of carbonyl (C=O) groups excluding carboxylic acids is 1. The number of rotatable bonds is 56. The van der Waals surface area contributed by atoms with Gasteiger partial charge in [0.05, 0.1) is 25.4 Å². The average Bonchev–Trinajstić information content (AvgIpc) is 3.41. The van der Waals surface area contributed by atoms with Crippen molar-refractivity contribution in [3.8, 4) is 0 Å². The molecule has 0 aromatic heterocycles. The molecule has 440 valence electrons. The number of carbonyl (C=O) groups is 1. The van der Waals surface area contributed by atoms with Crippen LogP contribution in [0.15, 0.2) is 48.6 Å². The van der Waals surface area contributed by atoms with E-state index >= 15 is 0 Å². The zero-order valence-corrected chi connectivity index (χ0v) is 49.1. The van der Waals surface area contributed by atoms with Crippen LogP contribution in [0.1, 0.15) is 309 Å². The molecular weight excluding hydrogens is 935 g/mol. The van der Waals surface area contributed by atoms with Crippen LogP contribution in [-0.4, -0.2) is 87.5 Å². The molecular formula is C66H123NO8. The van der Waals surface area contributed by atoms with Gasteiger partial charge in [-0.3, -0.25) is 4.79 Å². The maximum absolute atomic E-state index is 13.1. The second-order valence-electron chi connectivity index (χ2n) is 22.5. The normalized spacial score (nSPS) is 19.2. The maximum Gasteiger partial charge on any atom is 0.220 e. The average molecular weight is 1060 g/mol. The van der Waals surface area contributed by atoms with Gasteiger partial charge in [-0.05, 0) is 70.6 Å². The minimum absolute atomic E-state index is 0.189. The zero-order valence-electron chi connectivity index (χ0n) is 49.1. The Morgan fingerprint density at radius 2 is 0.760 bits per heavy atom. The summed E-state index contributed by atoms with van der Waals surface area (Å²) in [6.07, 6.45) is 67.7. The first-order valence-corrected chi connectivity index (χ1v) is 32.4. The van der Waals surface area contributed by atoms with Crippen LogP contribution in [0, 0.1) is 0 Å². The highest BCUT2D eigenvalue weighted by Gasteiger charge is 2.44. The van der Waals surface area contributed by atoms with Crippen LogP contribution >= 0.6 is 0 Å². The number of allylic oxidation sites excluding steroid dienone is 7. The molecule has 1 heterocycles. The van der Waals surface area contributed by atoms with E-state index in [1.165, 1.54) is 244 Å². The summed E-state index contributed by atoms with van der Waals surface area (Å²) < 4.78 is 11.3. The van der Waals surface area contributed by atoms with Crippen molar-refractivity contribution in [3.05, 3.63) is 48.6 Å². The summed E-state index contributed by atoms with van der Waals surface area (Å²) in [7, 11) is 0. The molecule has 0 radical (unpaired) electrons. The van der Waals surface area contributed by atoms with Gasteiger partial charge in [0.25, 0.3) is 0 Å². The van der Waals surface area contributed by atoms with Crippen LogP contribution in [0.3, 0.4) is 0 Å². The molecule has 9 nitrogen and oxygen atoms in total. The van der Waals surface area contributed by atoms with Gasteiger partial charge < -0.3 is 40.3 Å². The van der Waals surface area contributed by atoms with Crippen molar-refractivity contribution in [3.63, 3.8) is 0 Å². The van der Waals surface area contributed by atoms with Crippen LogP contribution in [0.5, 0.6) is 0 Å². The van der Waals surface area contributed by atoms with Crippen molar-refractivity contribution in [2.45, 2.75) is 352 Å². The number of hydrogen-bond donors (Lipinski definition) is 6. The lowest BCUT2D eigenvalue weighted by Gasteiger charge is -2.40. The number of amides is 1. The fraction of sp³-hybridized carbons (Fsp3) is 0.864. The molecule has 1 saturated heterocycles. The molecule has 1 aliphatic rings. The fourth-order valence-electron chi connectivity index (χ4n) is 10.2. The first kappa shape index (κ1) is 71.2. The molecule has 1 fully saturated rings. The van der Waals surface area contributed by atoms with Crippen molar-refractivity contribution in [1.29, 1.82) is 0 Å². The Hall–Kier alpha value is -1.85. The van der Waals surface area contributed by atoms with Gasteiger partial charge in [0.2, 0.25) is 5.91 Å². The van der Waals surface area contributed by atoms with E-state index in [4.69, 9.17) is 9.47 Å². The Bertz CT molecular complexity index is 1320. The quantitative estimate of drug-likeness (QED) is 0.0261. The number of unbranched alkanes of at least 4 members (excludes halogenated alkanes) is 40. The molecule has 1 aliphatic heterocycles. The predicted octanol–water partition coefficient (Wildman–Crippen LogP) is 16.9. The van der Waals surface area contributed by atoms with Crippen molar-refractivity contribution in [1.82, 2.24) is 5.32 Å². The summed E-state index contributed by atoms with van der Waals surface area (Å²) in [6, 6.07) is -0.830. The largest absolute Gasteiger partial charge is 0.394 e. The van der Waals surface area contributed by atoms with E-state index in [1.807, 2.05) is 6.08 Å². The van der Waals surface area contributed by atoms with E-state index in [2.05, 4.69) is 55.6 Å². The number of hydrogen-bond acceptors (Lipinski definition) is 8. The zero-order chi connectivity index (χ0) is 54.3. The van der Waals surface area contributed by atoms with Gasteiger partial charge in [0, 0.05) is 6.42 Å². The summed E-state index contributed by atoms with van der Waals surface area (Å²) in [5.41, 5.74) is 0. The molecule has 0 aliphatic carbocycles. The number of aliphatic hydroxyl groups excluding tert-OH is 5. The molecule has 0 spiro atoms. The third-order valence-electron chi connectivity index (χ3n) is 15.4. The van der Waals surface area contributed by atoms with Gasteiger partial charge in [-0.2, -0.15) is 0 Å². The minimum Gasteiger partial charge on any atom is -0.394 e. The topological polar surface area (TPSA) is 149 Å². The van der Waals surface area contributed by atoms with Gasteiger partial charge in [-0.15, -0.1) is 0 Å². The molecule has 9 heteroatoms. The summed E-state index contributed by atoms with van der Waals surface area (Å²) in [4.78, 5) is 13.1. The van der Waals surface area contributed by atoms with Gasteiger partial charge in [0.1, 0.15) is 24.4 Å². The lowest BCUT2D eigenvalue weighted by molar-refractivity contribution is -0.302. The molecule has 7 unspecified atom stereocenters. The van der Waals surface area contributed by atoms with Gasteiger partial charge >= 0.3 is 0 Å². The first-order valence-electron chi connectivity index (χ1n) is 32.4. The maximum atomic E-state index is 13.1. The fourth-order valence-corrected chi connectivity index (χ4v) is 10.2. The molecule has 0 aromatic carbocycles. The van der Waals surface area contributed by atoms with Crippen LogP contribution < -0.4 is 5.32 Å². The molecule has 6 N–H and O–H groups in total. The third-order valence-corrected chi connectivity index (χ3v) is 15.4. The van der Waals surface area contributed by atoms with E-state index in [-0.39, 0.29) is 12.5 Å². The highest BCUT2D eigenvalue weighted by Crippen LogP contribution is 2.23.